The van der Waals surface area contributed by atoms with Crippen molar-refractivity contribution in [3.8, 4) is 46.0 Å². The van der Waals surface area contributed by atoms with E-state index >= 15 is 0 Å². The zero-order chi connectivity index (χ0) is 43.1. The third-order valence-electron chi connectivity index (χ3n) is 12.9. The molecular formula is C46H46N6O9. The van der Waals surface area contributed by atoms with Gasteiger partial charge in [0, 0.05) is 29.1 Å². The zero-order valence-electron chi connectivity index (χ0n) is 34.2. The molecule has 0 aliphatic carbocycles. The number of piperidine rings is 1. The molecule has 9 rings (SSSR count). The fourth-order valence-corrected chi connectivity index (χ4v) is 9.60. The molecule has 15 nitrogen and oxygen atoms in total. The van der Waals surface area contributed by atoms with Crippen molar-refractivity contribution in [3.63, 3.8) is 0 Å². The first-order valence-electron chi connectivity index (χ1n) is 20.6. The van der Waals surface area contributed by atoms with Crippen LogP contribution in [0.5, 0.6) is 17.5 Å². The van der Waals surface area contributed by atoms with Crippen molar-refractivity contribution in [2.75, 3.05) is 6.54 Å². The summed E-state index contributed by atoms with van der Waals surface area (Å²) in [4.78, 5) is 45.7. The predicted octanol–water partition coefficient (Wildman–Crippen LogP) is 6.80. The topological polar surface area (TPSA) is 213 Å². The first-order valence-corrected chi connectivity index (χ1v) is 20.6. The average Bonchev–Trinajstić information content (AvgIpc) is 3.81. The number of hydrogen-bond donors (Lipinski definition) is 5. The van der Waals surface area contributed by atoms with E-state index in [1.165, 1.54) is 15.5 Å². The minimum atomic E-state index is -1.92. The molecule has 6 aromatic rings. The summed E-state index contributed by atoms with van der Waals surface area (Å²) in [5.41, 5.74) is 5.39. The second-order valence-electron chi connectivity index (χ2n) is 16.6. The lowest BCUT2D eigenvalue weighted by molar-refractivity contribution is -0.172. The molecule has 1 saturated heterocycles. The van der Waals surface area contributed by atoms with Gasteiger partial charge in [0.05, 0.1) is 46.3 Å². The first kappa shape index (κ1) is 39.7. The third kappa shape index (κ3) is 6.37. The maximum absolute atomic E-state index is 13.8. The highest BCUT2D eigenvalue weighted by atomic mass is 16.6. The number of likely N-dealkylation sites (tertiary alicyclic amines) is 1. The van der Waals surface area contributed by atoms with Crippen molar-refractivity contribution in [2.24, 2.45) is 5.92 Å². The van der Waals surface area contributed by atoms with Gasteiger partial charge in [0.2, 0.25) is 0 Å². The Morgan fingerprint density at radius 2 is 1.74 bits per heavy atom. The van der Waals surface area contributed by atoms with Gasteiger partial charge in [0.25, 0.3) is 5.56 Å². The number of nitrogens with zero attached hydrogens (tertiary/aromatic N) is 6. The molecule has 61 heavy (non-hydrogen) atoms. The normalized spacial score (nSPS) is 19.5. The molecule has 314 valence electrons. The van der Waals surface area contributed by atoms with Crippen LogP contribution in [0.4, 0.5) is 4.79 Å². The number of phenolic OH excluding ortho intramolecular Hbond substituents is 2. The summed E-state index contributed by atoms with van der Waals surface area (Å²) in [6.07, 6.45) is 1.63. The number of cyclic esters (lactones) is 1. The number of esters is 1. The second-order valence-corrected chi connectivity index (χ2v) is 16.6. The number of aryl methyl sites for hydroxylation is 1. The van der Waals surface area contributed by atoms with Crippen LogP contribution in [0, 0.1) is 5.92 Å². The Morgan fingerprint density at radius 3 is 2.44 bits per heavy atom. The monoisotopic (exact) mass is 826 g/mol. The number of benzene rings is 3. The van der Waals surface area contributed by atoms with Gasteiger partial charge in [-0.2, -0.15) is 0 Å². The van der Waals surface area contributed by atoms with Crippen LogP contribution in [-0.4, -0.2) is 73.4 Å². The molecule has 3 aromatic heterocycles. The van der Waals surface area contributed by atoms with Gasteiger partial charge in [-0.1, -0.05) is 51.0 Å². The number of aromatic nitrogens is 5. The molecule has 3 aromatic carbocycles. The van der Waals surface area contributed by atoms with E-state index in [2.05, 4.69) is 10.2 Å². The minimum Gasteiger partial charge on any atom is -0.508 e. The van der Waals surface area contributed by atoms with Gasteiger partial charge >= 0.3 is 18.1 Å². The van der Waals surface area contributed by atoms with Crippen LogP contribution in [-0.2, 0) is 41.1 Å². The number of carbonyl (C=O) groups is 2. The number of aliphatic hydroxyl groups is 1. The standard InChI is InChI=1S/C46H46N6O9/c1-5-28-30-17-26(9-12-35(30)47-40-32(28)21-51-37(40)19-34-33(42(51)55)22-61-43(56)46(34,60)6-2)36-16-25(13-14-50(36)45(58)59)15-24-7-10-27(11-8-24)52-41(48-49-44(52)57)31-18-29(23(3)4)38(53)20-39(31)54/h7-12,17-20,23,25,36,53-54,60H,5-6,13-16,21-22H2,1-4H3,(H,49,57)(H,58,59). The van der Waals surface area contributed by atoms with Crippen molar-refractivity contribution in [3.05, 3.63) is 110 Å². The SMILES string of the molecule is CCc1c2c(nc3ccc(C4CC(Cc5ccc(-n6c(O)nnc6-c6cc(C(C)C)c(O)cc6O)cc5)CCN4C(=O)O)cc13)-c1cc3c(c(=O)n1C2)COC(=O)C3(O)CC. The molecule has 1 fully saturated rings. The van der Waals surface area contributed by atoms with Crippen molar-refractivity contribution in [2.45, 2.75) is 90.5 Å². The first-order chi connectivity index (χ1) is 29.2. The van der Waals surface area contributed by atoms with Crippen molar-refractivity contribution in [1.82, 2.24) is 29.2 Å². The molecule has 3 aliphatic heterocycles. The Hall–Kier alpha value is -6.74. The second kappa shape index (κ2) is 14.8. The van der Waals surface area contributed by atoms with E-state index in [0.29, 0.717) is 65.9 Å². The van der Waals surface area contributed by atoms with E-state index in [1.807, 2.05) is 63.2 Å². The van der Waals surface area contributed by atoms with Crippen LogP contribution < -0.4 is 5.56 Å². The highest BCUT2D eigenvalue weighted by molar-refractivity contribution is 5.89. The summed E-state index contributed by atoms with van der Waals surface area (Å²) >= 11 is 0. The molecule has 0 bridgehead atoms. The number of ether oxygens (including phenoxy) is 1. The summed E-state index contributed by atoms with van der Waals surface area (Å²) in [6, 6.07) is 17.3. The van der Waals surface area contributed by atoms with E-state index < -0.39 is 23.7 Å². The van der Waals surface area contributed by atoms with Gasteiger partial charge in [-0.05, 0) is 103 Å². The summed E-state index contributed by atoms with van der Waals surface area (Å²) in [7, 11) is 0. The van der Waals surface area contributed by atoms with Crippen LogP contribution in [0.15, 0.2) is 65.5 Å². The molecule has 3 atom stereocenters. The number of aromatic hydroxyl groups is 3. The summed E-state index contributed by atoms with van der Waals surface area (Å²) in [5.74, 6) is -0.677. The van der Waals surface area contributed by atoms with Gasteiger partial charge < -0.3 is 39.7 Å². The molecular weight excluding hydrogens is 781 g/mol. The molecule has 15 heteroatoms. The Balaban J connectivity index is 1.00. The lowest BCUT2D eigenvalue weighted by Gasteiger charge is -2.38. The van der Waals surface area contributed by atoms with E-state index in [0.717, 1.165) is 27.6 Å². The molecule has 0 spiro atoms. The maximum Gasteiger partial charge on any atom is 0.407 e. The molecule has 3 aliphatic rings. The van der Waals surface area contributed by atoms with Crippen LogP contribution in [0.2, 0.25) is 0 Å². The molecule has 0 saturated carbocycles. The highest BCUT2D eigenvalue weighted by Crippen LogP contribution is 2.43. The Labute approximate surface area is 350 Å². The number of carbonyl (C=O) groups excluding carboxylic acids is 1. The average molecular weight is 827 g/mol. The van der Waals surface area contributed by atoms with Crippen LogP contribution in [0.1, 0.15) is 97.9 Å². The number of phenols is 2. The predicted molar refractivity (Wildman–Crippen MR) is 224 cm³/mol. The van der Waals surface area contributed by atoms with Gasteiger partial charge in [0.15, 0.2) is 11.4 Å². The third-order valence-corrected chi connectivity index (χ3v) is 12.9. The van der Waals surface area contributed by atoms with Gasteiger partial charge in [0.1, 0.15) is 18.1 Å². The van der Waals surface area contributed by atoms with E-state index in [9.17, 15) is 39.9 Å². The molecule has 1 amide bonds. The molecule has 6 heterocycles. The van der Waals surface area contributed by atoms with E-state index in [1.54, 1.807) is 23.6 Å². The zero-order valence-corrected chi connectivity index (χ0v) is 34.2. The van der Waals surface area contributed by atoms with Crippen LogP contribution in [0.3, 0.4) is 0 Å². The van der Waals surface area contributed by atoms with Gasteiger partial charge in [-0.25, -0.2) is 19.1 Å². The van der Waals surface area contributed by atoms with Crippen molar-refractivity contribution < 1.29 is 39.9 Å². The number of fused-ring (bicyclic) bond motifs is 5. The number of pyridine rings is 2. The molecule has 3 unspecified atom stereocenters. The quantitative estimate of drug-likeness (QED) is 0.100. The maximum atomic E-state index is 13.8. The molecule has 0 radical (unpaired) electrons. The minimum absolute atomic E-state index is 0.0338. The van der Waals surface area contributed by atoms with Gasteiger partial charge in [-0.3, -0.25) is 4.79 Å². The Kier molecular flexibility index (Phi) is 9.61. The summed E-state index contributed by atoms with van der Waals surface area (Å²) in [5, 5.41) is 62.4. The van der Waals surface area contributed by atoms with E-state index in [-0.39, 0.29) is 71.4 Å². The lowest BCUT2D eigenvalue weighted by atomic mass is 9.83. The fourth-order valence-electron chi connectivity index (χ4n) is 9.60. The number of amides is 1. The molecule has 5 N–H and O–H groups in total. The van der Waals surface area contributed by atoms with E-state index in [4.69, 9.17) is 9.72 Å². The Morgan fingerprint density at radius 1 is 0.967 bits per heavy atom. The van der Waals surface area contributed by atoms with Crippen LogP contribution >= 0.6 is 0 Å². The number of rotatable bonds is 8. The fraction of sp³-hybridized carbons (Fsp3) is 0.348. The van der Waals surface area contributed by atoms with Crippen molar-refractivity contribution >= 4 is 23.0 Å². The lowest BCUT2D eigenvalue weighted by Crippen LogP contribution is -2.44. The smallest absolute Gasteiger partial charge is 0.407 e. The Bertz CT molecular complexity index is 2850. The highest BCUT2D eigenvalue weighted by Gasteiger charge is 2.45. The largest absolute Gasteiger partial charge is 0.508 e. The summed E-state index contributed by atoms with van der Waals surface area (Å²) < 4.78 is 8.30. The summed E-state index contributed by atoms with van der Waals surface area (Å²) in [6.45, 7) is 7.98. The van der Waals surface area contributed by atoms with Crippen molar-refractivity contribution in [1.29, 1.82) is 0 Å². The van der Waals surface area contributed by atoms with Crippen LogP contribution in [0.25, 0.3) is 39.4 Å². The number of carboxylic acid groups (broad SMARTS) is 1. The number of hydrogen-bond acceptors (Lipinski definition) is 11. The van der Waals surface area contributed by atoms with Gasteiger partial charge in [-0.15, -0.1) is 5.10 Å².